The fraction of sp³-hybridized carbons (Fsp3) is 0.913. The minimum atomic E-state index is -1.54. The predicted molar refractivity (Wildman–Crippen MR) is 106 cm³/mol. The summed E-state index contributed by atoms with van der Waals surface area (Å²) in [5.41, 5.74) is -2.24. The van der Waals surface area contributed by atoms with Crippen LogP contribution in [0.2, 0.25) is 0 Å². The van der Waals surface area contributed by atoms with Gasteiger partial charge in [-0.15, -0.1) is 0 Å². The third kappa shape index (κ3) is 2.93. The Hall–Kier alpha value is -0.980. The van der Waals surface area contributed by atoms with E-state index >= 15 is 0 Å². The lowest BCUT2D eigenvalue weighted by Crippen LogP contribution is -2.63. The van der Waals surface area contributed by atoms with Crippen LogP contribution in [0.3, 0.4) is 0 Å². The molecule has 4 aliphatic rings. The standard InChI is InChI=1S/C23H36O6/c1-13(25)29-15-6-8-21(2)14(10-15)4-5-16-17-7-9-23(28,19(27)12-24)22(17,3)11-18(26)20(16)21/h14-18,20,24,26,28H,4-12H2,1-3H3/t14-,15-,16-,17+,18+,20+,21+,22+,23+/m1/s1. The van der Waals surface area contributed by atoms with E-state index in [0.717, 1.165) is 38.5 Å². The first-order chi connectivity index (χ1) is 13.6. The molecule has 4 saturated carbocycles. The summed E-state index contributed by atoms with van der Waals surface area (Å²) in [6, 6.07) is 0. The second kappa shape index (κ2) is 7.03. The van der Waals surface area contributed by atoms with Crippen molar-refractivity contribution >= 4 is 11.8 Å². The zero-order valence-electron chi connectivity index (χ0n) is 17.9. The van der Waals surface area contributed by atoms with Gasteiger partial charge in [-0.3, -0.25) is 9.59 Å². The topological polar surface area (TPSA) is 104 Å². The fourth-order valence-electron chi connectivity index (χ4n) is 8.28. The van der Waals surface area contributed by atoms with Gasteiger partial charge in [0.15, 0.2) is 5.78 Å². The lowest BCUT2D eigenvalue weighted by atomic mass is 9.43. The highest BCUT2D eigenvalue weighted by Crippen LogP contribution is 2.68. The number of carbonyl (C=O) groups is 2. The van der Waals surface area contributed by atoms with Crippen molar-refractivity contribution in [3.63, 3.8) is 0 Å². The van der Waals surface area contributed by atoms with Crippen LogP contribution in [0, 0.1) is 34.5 Å². The molecule has 0 unspecified atom stereocenters. The van der Waals surface area contributed by atoms with Crippen LogP contribution in [0.15, 0.2) is 0 Å². The maximum atomic E-state index is 12.5. The molecule has 0 aromatic rings. The van der Waals surface area contributed by atoms with E-state index in [4.69, 9.17) is 4.74 Å². The van der Waals surface area contributed by atoms with E-state index in [2.05, 4.69) is 6.92 Å². The van der Waals surface area contributed by atoms with Crippen molar-refractivity contribution in [3.8, 4) is 0 Å². The SMILES string of the molecule is CC(=O)O[C@@H]1CC[C@@]2(C)[C@H](CC[C@H]3[C@H]2[C@@H](O)C[C@@]2(C)[C@H]3CC[C@]2(O)C(=O)CO)C1. The first-order valence-corrected chi connectivity index (χ1v) is 11.3. The second-order valence-electron chi connectivity index (χ2n) is 10.8. The van der Waals surface area contributed by atoms with Crippen molar-refractivity contribution in [2.45, 2.75) is 89.9 Å². The van der Waals surface area contributed by atoms with E-state index in [1.807, 2.05) is 6.92 Å². The number of carbonyl (C=O) groups excluding carboxylic acids is 2. The Morgan fingerprint density at radius 1 is 1.10 bits per heavy atom. The molecule has 0 aliphatic heterocycles. The Kier molecular flexibility index (Phi) is 5.15. The quantitative estimate of drug-likeness (QED) is 0.619. The highest BCUT2D eigenvalue weighted by Gasteiger charge is 2.68. The summed E-state index contributed by atoms with van der Waals surface area (Å²) in [6.07, 6.45) is 5.56. The third-order valence-electron chi connectivity index (χ3n) is 9.64. The van der Waals surface area contributed by atoms with Crippen LogP contribution in [-0.2, 0) is 14.3 Å². The molecule has 0 heterocycles. The summed E-state index contributed by atoms with van der Waals surface area (Å²) in [5.74, 6) is 0.287. The number of aliphatic hydroxyl groups excluding tert-OH is 2. The van der Waals surface area contributed by atoms with Crippen LogP contribution in [-0.4, -0.2) is 51.5 Å². The van der Waals surface area contributed by atoms with E-state index in [9.17, 15) is 24.9 Å². The lowest BCUT2D eigenvalue weighted by Gasteiger charge is -2.62. The van der Waals surface area contributed by atoms with Gasteiger partial charge in [-0.25, -0.2) is 0 Å². The number of hydrogen-bond acceptors (Lipinski definition) is 6. The second-order valence-corrected chi connectivity index (χ2v) is 10.8. The van der Waals surface area contributed by atoms with Gasteiger partial charge in [-0.05, 0) is 80.5 Å². The van der Waals surface area contributed by atoms with Crippen LogP contribution in [0.4, 0.5) is 0 Å². The average Bonchev–Trinajstić information content (AvgIpc) is 2.92. The van der Waals surface area contributed by atoms with Crippen molar-refractivity contribution in [3.05, 3.63) is 0 Å². The molecule has 9 atom stereocenters. The van der Waals surface area contributed by atoms with Crippen molar-refractivity contribution < 1.29 is 29.6 Å². The maximum Gasteiger partial charge on any atom is 0.302 e. The highest BCUT2D eigenvalue weighted by atomic mass is 16.5. The van der Waals surface area contributed by atoms with E-state index in [1.54, 1.807) is 0 Å². The molecule has 4 rings (SSSR count). The van der Waals surface area contributed by atoms with Crippen molar-refractivity contribution in [2.75, 3.05) is 6.61 Å². The summed E-state index contributed by atoms with van der Waals surface area (Å²) < 4.78 is 5.50. The smallest absolute Gasteiger partial charge is 0.302 e. The molecule has 0 radical (unpaired) electrons. The Morgan fingerprint density at radius 3 is 2.48 bits per heavy atom. The Labute approximate surface area is 173 Å². The molecule has 0 spiro atoms. The van der Waals surface area contributed by atoms with Gasteiger partial charge in [-0.1, -0.05) is 13.8 Å². The Bertz CT molecular complexity index is 693. The van der Waals surface area contributed by atoms with Gasteiger partial charge in [0.1, 0.15) is 18.3 Å². The zero-order valence-corrected chi connectivity index (χ0v) is 17.9. The Balaban J connectivity index is 1.61. The molecule has 6 heteroatoms. The molecule has 164 valence electrons. The molecule has 4 aliphatic carbocycles. The van der Waals surface area contributed by atoms with Crippen molar-refractivity contribution in [1.82, 2.24) is 0 Å². The summed E-state index contributed by atoms with van der Waals surface area (Å²) in [4.78, 5) is 23.9. The van der Waals surface area contributed by atoms with Gasteiger partial charge in [0, 0.05) is 12.3 Å². The molecule has 0 aromatic heterocycles. The summed E-state index contributed by atoms with van der Waals surface area (Å²) in [5, 5.41) is 32.1. The average molecular weight is 409 g/mol. The van der Waals surface area contributed by atoms with Gasteiger partial charge in [0.25, 0.3) is 0 Å². The molecule has 0 saturated heterocycles. The van der Waals surface area contributed by atoms with Crippen LogP contribution in [0.1, 0.15) is 72.1 Å². The minimum absolute atomic E-state index is 0.0119. The van der Waals surface area contributed by atoms with Crippen molar-refractivity contribution in [2.24, 2.45) is 34.5 Å². The van der Waals surface area contributed by atoms with Crippen molar-refractivity contribution in [1.29, 1.82) is 0 Å². The van der Waals surface area contributed by atoms with E-state index < -0.39 is 29.5 Å². The summed E-state index contributed by atoms with van der Waals surface area (Å²) in [6.45, 7) is 5.06. The lowest BCUT2D eigenvalue weighted by molar-refractivity contribution is -0.204. The number of Topliss-reactive ketones (excluding diaryl/α,β-unsaturated/α-hetero) is 1. The molecule has 29 heavy (non-hydrogen) atoms. The predicted octanol–water partition coefficient (Wildman–Crippen LogP) is 2.22. The number of esters is 1. The molecule has 4 fully saturated rings. The van der Waals surface area contributed by atoms with Gasteiger partial charge < -0.3 is 20.1 Å². The molecule has 0 amide bonds. The van der Waals surface area contributed by atoms with Gasteiger partial charge in [0.05, 0.1) is 6.10 Å². The van der Waals surface area contributed by atoms with Crippen LogP contribution in [0.25, 0.3) is 0 Å². The number of ketones is 1. The van der Waals surface area contributed by atoms with E-state index in [0.29, 0.717) is 18.8 Å². The Morgan fingerprint density at radius 2 is 1.83 bits per heavy atom. The number of fused-ring (bicyclic) bond motifs is 5. The summed E-state index contributed by atoms with van der Waals surface area (Å²) in [7, 11) is 0. The van der Waals surface area contributed by atoms with E-state index in [1.165, 1.54) is 6.92 Å². The summed E-state index contributed by atoms with van der Waals surface area (Å²) >= 11 is 0. The molecule has 0 aromatic carbocycles. The molecule has 3 N–H and O–H groups in total. The molecular formula is C23H36O6. The normalized spacial score (nSPS) is 51.5. The number of ether oxygens (including phenoxy) is 1. The molecule has 0 bridgehead atoms. The highest BCUT2D eigenvalue weighted by molar-refractivity contribution is 5.89. The van der Waals surface area contributed by atoms with Gasteiger partial charge >= 0.3 is 5.97 Å². The van der Waals surface area contributed by atoms with Gasteiger partial charge in [-0.2, -0.15) is 0 Å². The van der Waals surface area contributed by atoms with Crippen LogP contribution in [0.5, 0.6) is 0 Å². The number of hydrogen-bond donors (Lipinski definition) is 3. The largest absolute Gasteiger partial charge is 0.463 e. The van der Waals surface area contributed by atoms with Crippen LogP contribution >= 0.6 is 0 Å². The molecule has 6 nitrogen and oxygen atoms in total. The first kappa shape index (κ1) is 21.3. The molecular weight excluding hydrogens is 372 g/mol. The first-order valence-electron chi connectivity index (χ1n) is 11.3. The minimum Gasteiger partial charge on any atom is -0.463 e. The monoisotopic (exact) mass is 408 g/mol. The third-order valence-corrected chi connectivity index (χ3v) is 9.64. The zero-order chi connectivity index (χ0) is 21.2. The maximum absolute atomic E-state index is 12.5. The van der Waals surface area contributed by atoms with Crippen LogP contribution < -0.4 is 0 Å². The number of aliphatic hydroxyl groups is 3. The fourth-order valence-corrected chi connectivity index (χ4v) is 8.28. The van der Waals surface area contributed by atoms with E-state index in [-0.39, 0.29) is 35.2 Å². The van der Waals surface area contributed by atoms with Gasteiger partial charge in [0.2, 0.25) is 0 Å². The number of rotatable bonds is 3.